The van der Waals surface area contributed by atoms with Gasteiger partial charge in [0.15, 0.2) is 4.96 Å². The molecular formula is C24H19N3OS. The van der Waals surface area contributed by atoms with Crippen LogP contribution in [0.1, 0.15) is 21.5 Å². The van der Waals surface area contributed by atoms with Crippen molar-refractivity contribution in [3.8, 4) is 11.3 Å². The van der Waals surface area contributed by atoms with Gasteiger partial charge in [-0.15, -0.1) is 0 Å². The Morgan fingerprint density at radius 3 is 2.66 bits per heavy atom. The molecule has 0 aliphatic heterocycles. The van der Waals surface area contributed by atoms with Crippen molar-refractivity contribution in [2.45, 2.75) is 13.5 Å². The van der Waals surface area contributed by atoms with Gasteiger partial charge in [-0.25, -0.2) is 4.98 Å². The van der Waals surface area contributed by atoms with Crippen LogP contribution in [-0.2, 0) is 6.54 Å². The van der Waals surface area contributed by atoms with E-state index in [-0.39, 0.29) is 5.91 Å². The zero-order chi connectivity index (χ0) is 19.8. The van der Waals surface area contributed by atoms with E-state index in [9.17, 15) is 4.79 Å². The molecule has 0 fully saturated rings. The first-order valence-corrected chi connectivity index (χ1v) is 10.3. The second-order valence-electron chi connectivity index (χ2n) is 7.04. The van der Waals surface area contributed by atoms with Gasteiger partial charge in [0.25, 0.3) is 5.91 Å². The molecule has 0 radical (unpaired) electrons. The molecule has 0 saturated heterocycles. The van der Waals surface area contributed by atoms with E-state index in [1.807, 2.05) is 54.6 Å². The minimum atomic E-state index is -0.0637. The van der Waals surface area contributed by atoms with Crippen LogP contribution in [-0.4, -0.2) is 15.3 Å². The number of hydrogen-bond donors (Lipinski definition) is 1. The van der Waals surface area contributed by atoms with Gasteiger partial charge < -0.3 is 5.32 Å². The summed E-state index contributed by atoms with van der Waals surface area (Å²) in [7, 11) is 0. The van der Waals surface area contributed by atoms with E-state index >= 15 is 0 Å². The molecule has 3 aromatic carbocycles. The third kappa shape index (κ3) is 3.30. The van der Waals surface area contributed by atoms with Crippen molar-refractivity contribution < 1.29 is 4.79 Å². The number of aryl methyl sites for hydroxylation is 1. The molecule has 4 nitrogen and oxygen atoms in total. The average molecular weight is 398 g/mol. The molecule has 142 valence electrons. The lowest BCUT2D eigenvalue weighted by atomic mass is 10.1. The highest BCUT2D eigenvalue weighted by atomic mass is 32.1. The average Bonchev–Trinajstić information content (AvgIpc) is 3.31. The van der Waals surface area contributed by atoms with E-state index in [1.165, 1.54) is 5.56 Å². The largest absolute Gasteiger partial charge is 0.348 e. The summed E-state index contributed by atoms with van der Waals surface area (Å²) in [6, 6.07) is 24.1. The molecule has 1 N–H and O–H groups in total. The quantitative estimate of drug-likeness (QED) is 0.438. The molecule has 0 aliphatic carbocycles. The van der Waals surface area contributed by atoms with Crippen LogP contribution in [0.25, 0.3) is 26.4 Å². The maximum absolute atomic E-state index is 12.6. The van der Waals surface area contributed by atoms with Crippen molar-refractivity contribution in [3.63, 3.8) is 0 Å². The number of benzene rings is 3. The highest BCUT2D eigenvalue weighted by molar-refractivity contribution is 7.23. The number of amides is 1. The summed E-state index contributed by atoms with van der Waals surface area (Å²) in [5, 5.41) is 3.02. The Kier molecular flexibility index (Phi) is 4.37. The zero-order valence-electron chi connectivity index (χ0n) is 15.9. The summed E-state index contributed by atoms with van der Waals surface area (Å²) >= 11 is 1.60. The molecule has 0 saturated carbocycles. The maximum Gasteiger partial charge on any atom is 0.251 e. The minimum absolute atomic E-state index is 0.0637. The Hall–Kier alpha value is -3.44. The van der Waals surface area contributed by atoms with Gasteiger partial charge in [-0.2, -0.15) is 0 Å². The lowest BCUT2D eigenvalue weighted by Gasteiger charge is -2.08. The molecule has 5 aromatic rings. The minimum Gasteiger partial charge on any atom is -0.348 e. The Morgan fingerprint density at radius 1 is 1.03 bits per heavy atom. The highest BCUT2D eigenvalue weighted by Crippen LogP contribution is 2.30. The topological polar surface area (TPSA) is 46.4 Å². The summed E-state index contributed by atoms with van der Waals surface area (Å²) in [5.74, 6) is -0.0637. The van der Waals surface area contributed by atoms with Gasteiger partial charge >= 0.3 is 0 Å². The molecule has 0 atom stereocenters. The van der Waals surface area contributed by atoms with Crippen molar-refractivity contribution >= 4 is 32.4 Å². The lowest BCUT2D eigenvalue weighted by Crippen LogP contribution is -2.23. The van der Waals surface area contributed by atoms with Gasteiger partial charge in [-0.1, -0.05) is 65.9 Å². The first kappa shape index (κ1) is 17.6. The van der Waals surface area contributed by atoms with Gasteiger partial charge in [-0.3, -0.25) is 9.20 Å². The van der Waals surface area contributed by atoms with Crippen LogP contribution in [0.5, 0.6) is 0 Å². The number of rotatable bonds is 4. The fraction of sp³-hybridized carbons (Fsp3) is 0.0833. The molecule has 0 unspecified atom stereocenters. The molecule has 5 rings (SSSR count). The number of fused-ring (bicyclic) bond motifs is 3. The van der Waals surface area contributed by atoms with E-state index in [0.717, 1.165) is 32.0 Å². The molecule has 5 heteroatoms. The number of aromatic nitrogens is 2. The van der Waals surface area contributed by atoms with Gasteiger partial charge in [0.1, 0.15) is 0 Å². The van der Waals surface area contributed by atoms with Gasteiger partial charge in [0.05, 0.1) is 15.9 Å². The van der Waals surface area contributed by atoms with Crippen LogP contribution in [0.2, 0.25) is 0 Å². The lowest BCUT2D eigenvalue weighted by molar-refractivity contribution is 0.0951. The van der Waals surface area contributed by atoms with E-state index in [4.69, 9.17) is 4.98 Å². The Morgan fingerprint density at radius 2 is 1.83 bits per heavy atom. The van der Waals surface area contributed by atoms with Crippen molar-refractivity contribution in [2.75, 3.05) is 0 Å². The molecule has 29 heavy (non-hydrogen) atoms. The third-order valence-corrected chi connectivity index (χ3v) is 6.14. The predicted molar refractivity (Wildman–Crippen MR) is 118 cm³/mol. The summed E-state index contributed by atoms with van der Waals surface area (Å²) in [4.78, 5) is 18.3. The number of nitrogens with zero attached hydrogens (tertiary/aromatic N) is 2. The van der Waals surface area contributed by atoms with Gasteiger partial charge in [0.2, 0.25) is 0 Å². The number of thiazole rings is 1. The summed E-state index contributed by atoms with van der Waals surface area (Å²) < 4.78 is 3.15. The normalized spacial score (nSPS) is 11.2. The monoisotopic (exact) mass is 397 g/mol. The van der Waals surface area contributed by atoms with Gasteiger partial charge in [0, 0.05) is 23.9 Å². The number of nitrogens with one attached hydrogen (secondary N) is 1. The zero-order valence-corrected chi connectivity index (χ0v) is 16.7. The van der Waals surface area contributed by atoms with E-state index in [1.54, 1.807) is 11.3 Å². The van der Waals surface area contributed by atoms with Gasteiger partial charge in [-0.05, 0) is 36.2 Å². The van der Waals surface area contributed by atoms with Crippen LogP contribution in [0.4, 0.5) is 0 Å². The first-order chi connectivity index (χ1) is 14.2. The fourth-order valence-electron chi connectivity index (χ4n) is 3.48. The number of carbonyl (C=O) groups is 1. The summed E-state index contributed by atoms with van der Waals surface area (Å²) in [6.07, 6.45) is 2.06. The summed E-state index contributed by atoms with van der Waals surface area (Å²) in [5.41, 5.74) is 6.10. The second kappa shape index (κ2) is 7.18. The molecule has 2 aromatic heterocycles. The fourth-order valence-corrected chi connectivity index (χ4v) is 4.52. The SMILES string of the molecule is Cc1ccccc1CNC(=O)c1ccc2c(c1)sc1nc(-c3ccccc3)cn12. The van der Waals surface area contributed by atoms with Crippen molar-refractivity contribution in [1.82, 2.24) is 14.7 Å². The number of carbonyl (C=O) groups excluding carboxylic acids is 1. The molecule has 0 aliphatic rings. The van der Waals surface area contributed by atoms with E-state index in [0.29, 0.717) is 12.1 Å². The highest BCUT2D eigenvalue weighted by Gasteiger charge is 2.13. The first-order valence-electron chi connectivity index (χ1n) is 9.49. The second-order valence-corrected chi connectivity index (χ2v) is 8.05. The predicted octanol–water partition coefficient (Wildman–Crippen LogP) is 5.45. The summed E-state index contributed by atoms with van der Waals surface area (Å²) in [6.45, 7) is 2.58. The third-order valence-electron chi connectivity index (χ3n) is 5.13. The number of hydrogen-bond acceptors (Lipinski definition) is 3. The molecular weight excluding hydrogens is 378 g/mol. The molecule has 1 amide bonds. The van der Waals surface area contributed by atoms with Crippen molar-refractivity contribution in [1.29, 1.82) is 0 Å². The Balaban J connectivity index is 1.41. The molecule has 0 bridgehead atoms. The standard InChI is InChI=1S/C24H19N3OS/c1-16-7-5-6-10-19(16)14-25-23(28)18-11-12-21-22(13-18)29-24-26-20(15-27(21)24)17-8-3-2-4-9-17/h2-13,15H,14H2,1H3,(H,25,28). The van der Waals surface area contributed by atoms with Crippen LogP contribution in [0.3, 0.4) is 0 Å². The van der Waals surface area contributed by atoms with E-state index in [2.05, 4.69) is 41.0 Å². The maximum atomic E-state index is 12.6. The molecule has 0 spiro atoms. The van der Waals surface area contributed by atoms with Crippen molar-refractivity contribution in [2.24, 2.45) is 0 Å². The van der Waals surface area contributed by atoms with Crippen LogP contribution < -0.4 is 5.32 Å². The molecule has 2 heterocycles. The smallest absolute Gasteiger partial charge is 0.251 e. The van der Waals surface area contributed by atoms with Crippen LogP contribution in [0, 0.1) is 6.92 Å². The Bertz CT molecular complexity index is 1330. The number of imidazole rings is 1. The Labute approximate surface area is 172 Å². The van der Waals surface area contributed by atoms with E-state index < -0.39 is 0 Å². The van der Waals surface area contributed by atoms with Crippen LogP contribution in [0.15, 0.2) is 79.0 Å². The van der Waals surface area contributed by atoms with Crippen LogP contribution >= 0.6 is 11.3 Å². The van der Waals surface area contributed by atoms with Crippen molar-refractivity contribution in [3.05, 3.63) is 95.7 Å².